The number of aromatic nitrogens is 2. The third kappa shape index (κ3) is 2.34. The van der Waals surface area contributed by atoms with Gasteiger partial charge in [0.1, 0.15) is 5.82 Å². The van der Waals surface area contributed by atoms with Gasteiger partial charge in [-0.15, -0.1) is 0 Å². The van der Waals surface area contributed by atoms with E-state index >= 15 is 0 Å². The number of halogens is 2. The summed E-state index contributed by atoms with van der Waals surface area (Å²) in [7, 11) is 0. The van der Waals surface area contributed by atoms with Crippen LogP contribution in [0.5, 0.6) is 0 Å². The molecule has 2 N–H and O–H groups in total. The summed E-state index contributed by atoms with van der Waals surface area (Å²) < 4.78 is 23.4. The number of hydrogen-bond acceptors (Lipinski definition) is 5. The summed E-state index contributed by atoms with van der Waals surface area (Å²) in [4.78, 5) is 4.26. The van der Waals surface area contributed by atoms with Gasteiger partial charge in [-0.25, -0.2) is 4.39 Å². The van der Waals surface area contributed by atoms with Gasteiger partial charge in [0.25, 0.3) is 0 Å². The number of ether oxygens (including phenoxy) is 1. The lowest BCUT2D eigenvalue weighted by Crippen LogP contribution is -2.26. The molecule has 0 saturated carbocycles. The van der Waals surface area contributed by atoms with Gasteiger partial charge in [0.2, 0.25) is 11.7 Å². The lowest BCUT2D eigenvalue weighted by molar-refractivity contribution is 0.187. The van der Waals surface area contributed by atoms with Crippen molar-refractivity contribution in [2.45, 2.75) is 12.0 Å². The molecule has 0 aliphatic carbocycles. The van der Waals surface area contributed by atoms with Crippen molar-refractivity contribution in [2.24, 2.45) is 5.73 Å². The van der Waals surface area contributed by atoms with Gasteiger partial charge in [0.05, 0.1) is 24.2 Å². The number of rotatable bonds is 2. The standard InChI is InChI=1S/C12H11ClFN3O2/c13-9-3-6(14)1-2-7(9)11-16-12(19-17-11)8-4-18-5-10(8)15/h1-3,8,10H,4-5,15H2. The van der Waals surface area contributed by atoms with Crippen molar-refractivity contribution in [3.05, 3.63) is 34.9 Å². The Kier molecular flexibility index (Phi) is 3.22. The summed E-state index contributed by atoms with van der Waals surface area (Å²) in [5, 5.41) is 4.09. The minimum Gasteiger partial charge on any atom is -0.379 e. The fourth-order valence-corrected chi connectivity index (χ4v) is 2.24. The SMILES string of the molecule is NC1COCC1c1nc(-c2ccc(F)cc2Cl)no1. The zero-order valence-electron chi connectivity index (χ0n) is 9.85. The predicted molar refractivity (Wildman–Crippen MR) is 66.2 cm³/mol. The van der Waals surface area contributed by atoms with Gasteiger partial charge < -0.3 is 15.0 Å². The third-order valence-electron chi connectivity index (χ3n) is 3.06. The molecule has 1 aliphatic rings. The van der Waals surface area contributed by atoms with E-state index in [4.69, 9.17) is 26.6 Å². The first kappa shape index (κ1) is 12.5. The quantitative estimate of drug-likeness (QED) is 0.912. The summed E-state index contributed by atoms with van der Waals surface area (Å²) in [5.41, 5.74) is 6.40. The maximum absolute atomic E-state index is 13.0. The Labute approximate surface area is 113 Å². The molecule has 1 aliphatic heterocycles. The average molecular weight is 284 g/mol. The zero-order chi connectivity index (χ0) is 13.4. The van der Waals surface area contributed by atoms with Crippen molar-refractivity contribution < 1.29 is 13.7 Å². The molecule has 1 aromatic heterocycles. The van der Waals surface area contributed by atoms with Crippen LogP contribution in [-0.2, 0) is 4.74 Å². The van der Waals surface area contributed by atoms with Crippen LogP contribution in [0.3, 0.4) is 0 Å². The van der Waals surface area contributed by atoms with E-state index < -0.39 is 5.82 Å². The molecule has 7 heteroatoms. The van der Waals surface area contributed by atoms with Gasteiger partial charge >= 0.3 is 0 Å². The van der Waals surface area contributed by atoms with E-state index in [1.807, 2.05) is 0 Å². The van der Waals surface area contributed by atoms with Gasteiger partial charge in [-0.05, 0) is 18.2 Å². The summed E-state index contributed by atoms with van der Waals surface area (Å²) in [5.74, 6) is 0.212. The second-order valence-electron chi connectivity index (χ2n) is 4.39. The molecule has 0 radical (unpaired) electrons. The summed E-state index contributed by atoms with van der Waals surface area (Å²) in [6.07, 6.45) is 0. The fraction of sp³-hybridized carbons (Fsp3) is 0.333. The topological polar surface area (TPSA) is 74.2 Å². The molecule has 2 aromatic rings. The summed E-state index contributed by atoms with van der Waals surface area (Å²) in [6.45, 7) is 0.930. The Morgan fingerprint density at radius 3 is 2.89 bits per heavy atom. The van der Waals surface area contributed by atoms with Crippen LogP contribution in [0.1, 0.15) is 11.8 Å². The normalized spacial score (nSPS) is 22.9. The van der Waals surface area contributed by atoms with E-state index in [0.717, 1.165) is 0 Å². The number of nitrogens with two attached hydrogens (primary N) is 1. The molecule has 2 heterocycles. The van der Waals surface area contributed by atoms with Crippen LogP contribution in [0.4, 0.5) is 4.39 Å². The van der Waals surface area contributed by atoms with Crippen LogP contribution in [-0.4, -0.2) is 29.4 Å². The second kappa shape index (κ2) is 4.88. The van der Waals surface area contributed by atoms with Gasteiger partial charge in [-0.3, -0.25) is 0 Å². The molecule has 2 unspecified atom stereocenters. The maximum Gasteiger partial charge on any atom is 0.234 e. The van der Waals surface area contributed by atoms with E-state index in [2.05, 4.69) is 10.1 Å². The lowest BCUT2D eigenvalue weighted by atomic mass is 10.1. The van der Waals surface area contributed by atoms with Crippen molar-refractivity contribution in [1.29, 1.82) is 0 Å². The second-order valence-corrected chi connectivity index (χ2v) is 4.80. The van der Waals surface area contributed by atoms with E-state index in [1.54, 1.807) is 0 Å². The van der Waals surface area contributed by atoms with E-state index in [-0.39, 0.29) is 17.0 Å². The maximum atomic E-state index is 13.0. The highest BCUT2D eigenvalue weighted by Gasteiger charge is 2.31. The average Bonchev–Trinajstić information content (AvgIpc) is 2.97. The van der Waals surface area contributed by atoms with E-state index in [1.165, 1.54) is 18.2 Å². The molecule has 100 valence electrons. The van der Waals surface area contributed by atoms with Crippen LogP contribution < -0.4 is 5.73 Å². The van der Waals surface area contributed by atoms with E-state index in [9.17, 15) is 4.39 Å². The minimum atomic E-state index is -0.413. The smallest absolute Gasteiger partial charge is 0.234 e. The van der Waals surface area contributed by atoms with Gasteiger partial charge in [0.15, 0.2) is 0 Å². The van der Waals surface area contributed by atoms with Crippen molar-refractivity contribution in [1.82, 2.24) is 10.1 Å². The zero-order valence-corrected chi connectivity index (χ0v) is 10.6. The van der Waals surface area contributed by atoms with Crippen LogP contribution in [0, 0.1) is 5.82 Å². The predicted octanol–water partition coefficient (Wildman–Crippen LogP) is 1.97. The minimum absolute atomic E-state index is 0.111. The van der Waals surface area contributed by atoms with Crippen molar-refractivity contribution in [3.8, 4) is 11.4 Å². The molecular weight excluding hydrogens is 273 g/mol. The molecule has 0 bridgehead atoms. The Bertz CT molecular complexity index is 604. The van der Waals surface area contributed by atoms with Gasteiger partial charge in [0, 0.05) is 11.6 Å². The Hall–Kier alpha value is -1.50. The molecular formula is C12H11ClFN3O2. The molecule has 19 heavy (non-hydrogen) atoms. The van der Waals surface area contributed by atoms with Crippen LogP contribution in [0.25, 0.3) is 11.4 Å². The molecule has 3 rings (SSSR count). The molecule has 1 saturated heterocycles. The highest BCUT2D eigenvalue weighted by atomic mass is 35.5. The molecule has 0 amide bonds. The van der Waals surface area contributed by atoms with Crippen LogP contribution >= 0.6 is 11.6 Å². The number of benzene rings is 1. The summed E-state index contributed by atoms with van der Waals surface area (Å²) in [6, 6.07) is 3.85. The molecule has 0 spiro atoms. The Morgan fingerprint density at radius 2 is 2.21 bits per heavy atom. The monoisotopic (exact) mass is 283 g/mol. The van der Waals surface area contributed by atoms with E-state index in [0.29, 0.717) is 30.5 Å². The van der Waals surface area contributed by atoms with Gasteiger partial charge in [-0.1, -0.05) is 16.8 Å². The van der Waals surface area contributed by atoms with Gasteiger partial charge in [-0.2, -0.15) is 4.98 Å². The highest BCUT2D eigenvalue weighted by molar-refractivity contribution is 6.33. The lowest BCUT2D eigenvalue weighted by Gasteiger charge is -2.06. The Balaban J connectivity index is 1.92. The van der Waals surface area contributed by atoms with Crippen molar-refractivity contribution in [3.63, 3.8) is 0 Å². The molecule has 5 nitrogen and oxygen atoms in total. The Morgan fingerprint density at radius 1 is 1.37 bits per heavy atom. The number of nitrogens with zero attached hydrogens (tertiary/aromatic N) is 2. The number of hydrogen-bond donors (Lipinski definition) is 1. The first-order valence-electron chi connectivity index (χ1n) is 5.77. The third-order valence-corrected chi connectivity index (χ3v) is 3.37. The largest absolute Gasteiger partial charge is 0.379 e. The molecule has 2 atom stereocenters. The molecule has 1 fully saturated rings. The summed E-state index contributed by atoms with van der Waals surface area (Å²) >= 11 is 5.95. The fourth-order valence-electron chi connectivity index (χ4n) is 1.99. The van der Waals surface area contributed by atoms with Crippen molar-refractivity contribution >= 4 is 11.6 Å². The van der Waals surface area contributed by atoms with Crippen molar-refractivity contribution in [2.75, 3.05) is 13.2 Å². The molecule has 1 aromatic carbocycles. The highest BCUT2D eigenvalue weighted by Crippen LogP contribution is 2.29. The van der Waals surface area contributed by atoms with Crippen LogP contribution in [0.15, 0.2) is 22.7 Å². The first-order valence-corrected chi connectivity index (χ1v) is 6.15. The van der Waals surface area contributed by atoms with Crippen LogP contribution in [0.2, 0.25) is 5.02 Å². The first-order chi connectivity index (χ1) is 9.15.